The molecule has 4 heteroatoms. The van der Waals surface area contributed by atoms with Crippen LogP contribution in [0.4, 0.5) is 11.4 Å². The number of unbranched alkanes of at least 4 members (excludes halogenated alkanes) is 7. The van der Waals surface area contributed by atoms with Crippen LogP contribution in [0.1, 0.15) is 63.9 Å². The SMILES string of the molecule is CCCCCCCCCCNc1c(C)cccc1[N+](=O)[O-]. The van der Waals surface area contributed by atoms with Crippen molar-refractivity contribution in [3.05, 3.63) is 33.9 Å². The van der Waals surface area contributed by atoms with Crippen LogP contribution in [0, 0.1) is 17.0 Å². The summed E-state index contributed by atoms with van der Waals surface area (Å²) in [6, 6.07) is 5.20. The van der Waals surface area contributed by atoms with Gasteiger partial charge in [0, 0.05) is 12.6 Å². The van der Waals surface area contributed by atoms with Crippen LogP contribution >= 0.6 is 0 Å². The molecule has 1 rings (SSSR count). The predicted molar refractivity (Wildman–Crippen MR) is 88.9 cm³/mol. The van der Waals surface area contributed by atoms with Crippen LogP contribution in [0.25, 0.3) is 0 Å². The van der Waals surface area contributed by atoms with Gasteiger partial charge in [-0.25, -0.2) is 0 Å². The lowest BCUT2D eigenvalue weighted by molar-refractivity contribution is -0.384. The molecule has 0 aliphatic carbocycles. The van der Waals surface area contributed by atoms with Crippen molar-refractivity contribution in [1.29, 1.82) is 0 Å². The van der Waals surface area contributed by atoms with Crippen LogP contribution in [0.15, 0.2) is 18.2 Å². The highest BCUT2D eigenvalue weighted by Gasteiger charge is 2.14. The Hall–Kier alpha value is -1.58. The summed E-state index contributed by atoms with van der Waals surface area (Å²) in [6.45, 7) is 4.94. The third-order valence-corrected chi connectivity index (χ3v) is 3.78. The Labute approximate surface area is 128 Å². The zero-order valence-electron chi connectivity index (χ0n) is 13.4. The number of hydrogen-bond donors (Lipinski definition) is 1. The smallest absolute Gasteiger partial charge is 0.292 e. The van der Waals surface area contributed by atoms with Gasteiger partial charge in [-0.15, -0.1) is 0 Å². The summed E-state index contributed by atoms with van der Waals surface area (Å²) >= 11 is 0. The minimum absolute atomic E-state index is 0.176. The van der Waals surface area contributed by atoms with E-state index in [1.54, 1.807) is 12.1 Å². The average Bonchev–Trinajstić information content (AvgIpc) is 2.46. The summed E-state index contributed by atoms with van der Waals surface area (Å²) < 4.78 is 0. The molecule has 0 radical (unpaired) electrons. The highest BCUT2D eigenvalue weighted by Crippen LogP contribution is 2.27. The topological polar surface area (TPSA) is 55.2 Å². The average molecular weight is 292 g/mol. The van der Waals surface area contributed by atoms with E-state index in [1.807, 2.05) is 13.0 Å². The van der Waals surface area contributed by atoms with Crippen molar-refractivity contribution in [3.63, 3.8) is 0 Å². The molecular weight excluding hydrogens is 264 g/mol. The van der Waals surface area contributed by atoms with Gasteiger partial charge in [0.15, 0.2) is 0 Å². The monoisotopic (exact) mass is 292 g/mol. The fraction of sp³-hybridized carbons (Fsp3) is 0.647. The first-order chi connectivity index (χ1) is 10.2. The summed E-state index contributed by atoms with van der Waals surface area (Å²) in [7, 11) is 0. The number of benzene rings is 1. The van der Waals surface area contributed by atoms with E-state index >= 15 is 0 Å². The second kappa shape index (κ2) is 10.2. The molecule has 0 saturated heterocycles. The predicted octanol–water partition coefficient (Wildman–Crippen LogP) is 5.46. The molecule has 1 aromatic rings. The molecule has 0 aliphatic heterocycles. The number of nitrogens with zero attached hydrogens (tertiary/aromatic N) is 1. The molecule has 0 atom stereocenters. The van der Waals surface area contributed by atoms with E-state index < -0.39 is 0 Å². The Morgan fingerprint density at radius 1 is 1.05 bits per heavy atom. The maximum absolute atomic E-state index is 11.0. The lowest BCUT2D eigenvalue weighted by Gasteiger charge is -2.09. The maximum Gasteiger partial charge on any atom is 0.292 e. The molecule has 0 aliphatic rings. The maximum atomic E-state index is 11.0. The molecule has 21 heavy (non-hydrogen) atoms. The van der Waals surface area contributed by atoms with E-state index in [4.69, 9.17) is 0 Å². The molecule has 0 unspecified atom stereocenters. The molecular formula is C17H28N2O2. The van der Waals surface area contributed by atoms with Gasteiger partial charge in [0.25, 0.3) is 5.69 Å². The van der Waals surface area contributed by atoms with Crippen molar-refractivity contribution in [2.75, 3.05) is 11.9 Å². The first-order valence-corrected chi connectivity index (χ1v) is 8.14. The number of nitrogens with one attached hydrogen (secondary N) is 1. The standard InChI is InChI=1S/C17H28N2O2/c1-3-4-5-6-7-8-9-10-14-18-17-15(2)12-11-13-16(17)19(20)21/h11-13,18H,3-10,14H2,1-2H3. The van der Waals surface area contributed by atoms with E-state index in [0.717, 1.165) is 18.5 Å². The Bertz CT molecular complexity index is 433. The number of anilines is 1. The van der Waals surface area contributed by atoms with Crippen LogP contribution < -0.4 is 5.32 Å². The van der Waals surface area contributed by atoms with Gasteiger partial charge in [-0.2, -0.15) is 0 Å². The molecule has 0 heterocycles. The van der Waals surface area contributed by atoms with E-state index in [0.29, 0.717) is 5.69 Å². The zero-order valence-corrected chi connectivity index (χ0v) is 13.4. The first-order valence-electron chi connectivity index (χ1n) is 8.14. The van der Waals surface area contributed by atoms with Crippen molar-refractivity contribution >= 4 is 11.4 Å². The van der Waals surface area contributed by atoms with Gasteiger partial charge in [-0.3, -0.25) is 10.1 Å². The second-order valence-corrected chi connectivity index (χ2v) is 5.63. The molecule has 0 saturated carbocycles. The number of nitro benzene ring substituents is 1. The molecule has 118 valence electrons. The third-order valence-electron chi connectivity index (χ3n) is 3.78. The molecule has 1 N–H and O–H groups in total. The quantitative estimate of drug-likeness (QED) is 0.335. The van der Waals surface area contributed by atoms with Gasteiger partial charge in [0.05, 0.1) is 4.92 Å². The molecule has 0 fully saturated rings. The van der Waals surface area contributed by atoms with E-state index in [1.165, 1.54) is 44.9 Å². The molecule has 0 amide bonds. The Kier molecular flexibility index (Phi) is 8.48. The highest BCUT2D eigenvalue weighted by molar-refractivity contribution is 5.65. The second-order valence-electron chi connectivity index (χ2n) is 5.63. The van der Waals surface area contributed by atoms with Crippen molar-refractivity contribution < 1.29 is 4.92 Å². The first kappa shape index (κ1) is 17.5. The van der Waals surface area contributed by atoms with Crippen molar-refractivity contribution in [3.8, 4) is 0 Å². The van der Waals surface area contributed by atoms with Crippen LogP contribution in [0.2, 0.25) is 0 Å². The Balaban J connectivity index is 2.23. The van der Waals surface area contributed by atoms with E-state index in [9.17, 15) is 10.1 Å². The van der Waals surface area contributed by atoms with Gasteiger partial charge in [-0.1, -0.05) is 64.0 Å². The summed E-state index contributed by atoms with van der Waals surface area (Å²) in [6.07, 6.45) is 10.2. The van der Waals surface area contributed by atoms with Crippen molar-refractivity contribution in [1.82, 2.24) is 0 Å². The number of aryl methyl sites for hydroxylation is 1. The Morgan fingerprint density at radius 2 is 1.67 bits per heavy atom. The van der Waals surface area contributed by atoms with Gasteiger partial charge >= 0.3 is 0 Å². The minimum Gasteiger partial charge on any atom is -0.379 e. The number of hydrogen-bond acceptors (Lipinski definition) is 3. The van der Waals surface area contributed by atoms with Gasteiger partial charge in [0.1, 0.15) is 5.69 Å². The Morgan fingerprint density at radius 3 is 2.29 bits per heavy atom. The lowest BCUT2D eigenvalue weighted by atomic mass is 10.1. The molecule has 1 aromatic carbocycles. The fourth-order valence-electron chi connectivity index (χ4n) is 2.51. The summed E-state index contributed by atoms with van der Waals surface area (Å²) in [4.78, 5) is 10.7. The van der Waals surface area contributed by atoms with Gasteiger partial charge in [-0.05, 0) is 18.9 Å². The zero-order chi connectivity index (χ0) is 15.5. The van der Waals surface area contributed by atoms with Crippen LogP contribution in [-0.4, -0.2) is 11.5 Å². The molecule has 4 nitrogen and oxygen atoms in total. The number of nitro groups is 1. The summed E-state index contributed by atoms with van der Waals surface area (Å²) in [5.74, 6) is 0. The van der Waals surface area contributed by atoms with E-state index in [2.05, 4.69) is 12.2 Å². The molecule has 0 spiro atoms. The highest BCUT2D eigenvalue weighted by atomic mass is 16.6. The van der Waals surface area contributed by atoms with Crippen molar-refractivity contribution in [2.45, 2.75) is 65.2 Å². The summed E-state index contributed by atoms with van der Waals surface area (Å²) in [5, 5.41) is 14.2. The number of rotatable bonds is 11. The van der Waals surface area contributed by atoms with Gasteiger partial charge in [0.2, 0.25) is 0 Å². The molecule has 0 aromatic heterocycles. The van der Waals surface area contributed by atoms with Gasteiger partial charge < -0.3 is 5.32 Å². The lowest BCUT2D eigenvalue weighted by Crippen LogP contribution is -2.05. The third kappa shape index (κ3) is 6.61. The van der Waals surface area contributed by atoms with Crippen LogP contribution in [-0.2, 0) is 0 Å². The molecule has 0 bridgehead atoms. The summed E-state index contributed by atoms with van der Waals surface area (Å²) in [5.41, 5.74) is 1.78. The number of para-hydroxylation sites is 1. The fourth-order valence-corrected chi connectivity index (χ4v) is 2.51. The normalized spacial score (nSPS) is 10.6. The van der Waals surface area contributed by atoms with Crippen LogP contribution in [0.3, 0.4) is 0 Å². The largest absolute Gasteiger partial charge is 0.379 e. The minimum atomic E-state index is -0.316. The van der Waals surface area contributed by atoms with Crippen LogP contribution in [0.5, 0.6) is 0 Å². The van der Waals surface area contributed by atoms with Crippen molar-refractivity contribution in [2.24, 2.45) is 0 Å². The van der Waals surface area contributed by atoms with E-state index in [-0.39, 0.29) is 10.6 Å².